The molecule has 0 radical (unpaired) electrons. The minimum absolute atomic E-state index is 0.128. The Labute approximate surface area is 264 Å². The molecule has 3 atom stereocenters. The maximum absolute atomic E-state index is 14.4. The maximum Gasteiger partial charge on any atom is 0.407 e. The van der Waals surface area contributed by atoms with Gasteiger partial charge in [0.15, 0.2) is 23.1 Å². The van der Waals surface area contributed by atoms with E-state index in [4.69, 9.17) is 9.47 Å². The zero-order valence-corrected chi connectivity index (χ0v) is 26.5. The van der Waals surface area contributed by atoms with E-state index in [1.54, 1.807) is 58.9 Å². The SMILES string of the molecule is CC(C)[C@H](Oc1ccc(CNC(=O)[C@@H]2SCCN2C(=O)C[C@@H](Cc2cc(F)c(F)cc2F)NC(=O)OC(C)(C)C)cc1)C(=O)O. The maximum atomic E-state index is 14.4. The first-order chi connectivity index (χ1) is 21.0. The van der Waals surface area contributed by atoms with Gasteiger partial charge in [0.05, 0.1) is 0 Å². The number of ether oxygens (including phenoxy) is 2. The third-order valence-corrected chi connectivity index (χ3v) is 7.84. The van der Waals surface area contributed by atoms with E-state index in [9.17, 15) is 37.5 Å². The molecule has 3 N–H and O–H groups in total. The smallest absolute Gasteiger partial charge is 0.407 e. The number of hydrogen-bond donors (Lipinski definition) is 3. The summed E-state index contributed by atoms with van der Waals surface area (Å²) in [6.07, 6.45) is -2.59. The zero-order chi connectivity index (χ0) is 33.5. The molecule has 0 saturated carbocycles. The quantitative estimate of drug-likeness (QED) is 0.283. The number of rotatable bonds is 12. The van der Waals surface area contributed by atoms with E-state index in [1.165, 1.54) is 16.7 Å². The number of alkyl carbamates (subject to hydrolysis) is 1. The molecule has 1 heterocycles. The largest absolute Gasteiger partial charge is 0.478 e. The van der Waals surface area contributed by atoms with Gasteiger partial charge >= 0.3 is 12.1 Å². The molecule has 0 unspecified atom stereocenters. The van der Waals surface area contributed by atoms with Gasteiger partial charge in [0.25, 0.3) is 5.91 Å². The highest BCUT2D eigenvalue weighted by Crippen LogP contribution is 2.26. The van der Waals surface area contributed by atoms with Crippen molar-refractivity contribution in [3.05, 3.63) is 65.0 Å². The van der Waals surface area contributed by atoms with Gasteiger partial charge in [0.1, 0.15) is 17.2 Å². The summed E-state index contributed by atoms with van der Waals surface area (Å²) in [7, 11) is 0. The van der Waals surface area contributed by atoms with Crippen molar-refractivity contribution in [3.63, 3.8) is 0 Å². The molecule has 0 aliphatic carbocycles. The summed E-state index contributed by atoms with van der Waals surface area (Å²) in [4.78, 5) is 51.7. The van der Waals surface area contributed by atoms with E-state index in [-0.39, 0.29) is 37.4 Å². The first-order valence-corrected chi connectivity index (χ1v) is 15.4. The highest BCUT2D eigenvalue weighted by molar-refractivity contribution is 8.00. The van der Waals surface area contributed by atoms with E-state index in [1.807, 2.05) is 0 Å². The van der Waals surface area contributed by atoms with Crippen LogP contribution in [-0.4, -0.2) is 69.3 Å². The van der Waals surface area contributed by atoms with E-state index < -0.39 is 64.4 Å². The van der Waals surface area contributed by atoms with Crippen molar-refractivity contribution in [2.45, 2.75) is 77.1 Å². The summed E-state index contributed by atoms with van der Waals surface area (Å²) < 4.78 is 52.6. The summed E-state index contributed by atoms with van der Waals surface area (Å²) >= 11 is 1.25. The topological polar surface area (TPSA) is 134 Å². The number of benzene rings is 2. The molecule has 45 heavy (non-hydrogen) atoms. The normalized spacial score (nSPS) is 16.2. The van der Waals surface area contributed by atoms with Crippen LogP contribution in [0.15, 0.2) is 36.4 Å². The minimum Gasteiger partial charge on any atom is -0.478 e. The molecule has 1 fully saturated rings. The first kappa shape index (κ1) is 35.5. The van der Waals surface area contributed by atoms with Gasteiger partial charge in [0.2, 0.25) is 5.91 Å². The first-order valence-electron chi connectivity index (χ1n) is 14.3. The second kappa shape index (κ2) is 15.4. The number of carboxylic acid groups (broad SMARTS) is 1. The Kier molecular flexibility index (Phi) is 12.1. The Bertz CT molecular complexity index is 1390. The van der Waals surface area contributed by atoms with Gasteiger partial charge in [-0.15, -0.1) is 11.8 Å². The highest BCUT2D eigenvalue weighted by Gasteiger charge is 2.36. The predicted octanol–water partition coefficient (Wildman–Crippen LogP) is 4.64. The van der Waals surface area contributed by atoms with Crippen LogP contribution >= 0.6 is 11.8 Å². The monoisotopic (exact) mass is 653 g/mol. The number of nitrogens with one attached hydrogen (secondary N) is 2. The molecular formula is C31H38F3N3O7S. The molecule has 2 aromatic carbocycles. The number of halogens is 3. The molecule has 1 aliphatic heterocycles. The van der Waals surface area contributed by atoms with Crippen molar-refractivity contribution >= 4 is 35.6 Å². The Morgan fingerprint density at radius 2 is 1.69 bits per heavy atom. The standard InChI is InChI=1S/C31H38F3N3O7S/c1-17(2)26(29(40)41)43-21-8-6-18(7-9-21)16-35-27(39)28-37(10-11-45-28)25(38)14-20(36-30(42)44-31(3,4)5)12-19-13-23(33)24(34)15-22(19)32/h6-9,13,15,17,20,26,28H,10-12,14,16H2,1-5H3,(H,35,39)(H,36,42)(H,40,41)/t20-,26+,28+/m1/s1. The number of nitrogens with zero attached hydrogens (tertiary/aromatic N) is 1. The van der Waals surface area contributed by atoms with Gasteiger partial charge < -0.3 is 30.1 Å². The summed E-state index contributed by atoms with van der Waals surface area (Å²) in [5.74, 6) is -5.09. The third kappa shape index (κ3) is 10.6. The van der Waals surface area contributed by atoms with Crippen LogP contribution in [0.4, 0.5) is 18.0 Å². The second-order valence-electron chi connectivity index (χ2n) is 11.9. The average molecular weight is 654 g/mol. The lowest BCUT2D eigenvalue weighted by molar-refractivity contribution is -0.147. The van der Waals surface area contributed by atoms with Crippen molar-refractivity contribution in [3.8, 4) is 5.75 Å². The molecule has 0 aromatic heterocycles. The van der Waals surface area contributed by atoms with E-state index in [2.05, 4.69) is 10.6 Å². The van der Waals surface area contributed by atoms with Gasteiger partial charge in [-0.2, -0.15) is 0 Å². The number of carbonyl (C=O) groups excluding carboxylic acids is 3. The molecular weight excluding hydrogens is 615 g/mol. The number of thioether (sulfide) groups is 1. The minimum atomic E-state index is -1.37. The van der Waals surface area contributed by atoms with Crippen molar-refractivity contribution < 1.29 is 46.9 Å². The van der Waals surface area contributed by atoms with Crippen LogP contribution in [0.25, 0.3) is 0 Å². The van der Waals surface area contributed by atoms with Gasteiger partial charge in [-0.05, 0) is 56.5 Å². The molecule has 14 heteroatoms. The Hall–Kier alpha value is -3.94. The molecule has 3 amide bonds. The number of amides is 3. The number of carboxylic acids is 1. The van der Waals surface area contributed by atoms with Crippen LogP contribution in [0.1, 0.15) is 52.2 Å². The van der Waals surface area contributed by atoms with Crippen LogP contribution in [0.5, 0.6) is 5.75 Å². The van der Waals surface area contributed by atoms with Crippen LogP contribution in [0, 0.1) is 23.4 Å². The van der Waals surface area contributed by atoms with Crippen molar-refractivity contribution in [1.82, 2.24) is 15.5 Å². The fourth-order valence-corrected chi connectivity index (χ4v) is 5.65. The van der Waals surface area contributed by atoms with Crippen LogP contribution in [0.2, 0.25) is 0 Å². The Morgan fingerprint density at radius 3 is 2.29 bits per heavy atom. The average Bonchev–Trinajstić information content (AvgIpc) is 3.43. The third-order valence-electron chi connectivity index (χ3n) is 6.64. The van der Waals surface area contributed by atoms with Crippen molar-refractivity contribution in [2.24, 2.45) is 5.92 Å². The Morgan fingerprint density at radius 1 is 1.04 bits per heavy atom. The van der Waals surface area contributed by atoms with E-state index >= 15 is 0 Å². The molecule has 0 spiro atoms. The molecule has 1 saturated heterocycles. The highest BCUT2D eigenvalue weighted by atomic mass is 32.2. The summed E-state index contributed by atoms with van der Waals surface area (Å²) in [5, 5.41) is 13.8. The van der Waals surface area contributed by atoms with Crippen molar-refractivity contribution in [1.29, 1.82) is 0 Å². The van der Waals surface area contributed by atoms with Crippen LogP contribution in [-0.2, 0) is 32.1 Å². The second-order valence-corrected chi connectivity index (χ2v) is 13.1. The lowest BCUT2D eigenvalue weighted by Crippen LogP contribution is -2.48. The fraction of sp³-hybridized carbons (Fsp3) is 0.484. The zero-order valence-electron chi connectivity index (χ0n) is 25.7. The Balaban J connectivity index is 1.65. The number of aliphatic carboxylic acids is 1. The summed E-state index contributed by atoms with van der Waals surface area (Å²) in [6.45, 7) is 8.75. The molecule has 246 valence electrons. The van der Waals surface area contributed by atoms with Crippen LogP contribution < -0.4 is 15.4 Å². The molecule has 1 aliphatic rings. The molecule has 2 aromatic rings. The van der Waals surface area contributed by atoms with E-state index in [0.717, 1.165) is 0 Å². The van der Waals surface area contributed by atoms with Gasteiger partial charge in [-0.25, -0.2) is 22.8 Å². The van der Waals surface area contributed by atoms with Crippen molar-refractivity contribution in [2.75, 3.05) is 12.3 Å². The van der Waals surface area contributed by atoms with Gasteiger partial charge in [-0.3, -0.25) is 9.59 Å². The molecule has 10 nitrogen and oxygen atoms in total. The van der Waals surface area contributed by atoms with Gasteiger partial charge in [0, 0.05) is 43.3 Å². The molecule has 0 bridgehead atoms. The number of carbonyl (C=O) groups is 4. The van der Waals surface area contributed by atoms with E-state index in [0.29, 0.717) is 29.2 Å². The summed E-state index contributed by atoms with van der Waals surface area (Å²) in [5.41, 5.74) is -0.404. The summed E-state index contributed by atoms with van der Waals surface area (Å²) in [6, 6.07) is 6.59. The lowest BCUT2D eigenvalue weighted by Gasteiger charge is -2.27. The predicted molar refractivity (Wildman–Crippen MR) is 161 cm³/mol. The fourth-order valence-electron chi connectivity index (χ4n) is 4.49. The molecule has 3 rings (SSSR count). The number of hydrogen-bond acceptors (Lipinski definition) is 7. The lowest BCUT2D eigenvalue weighted by atomic mass is 10.0. The van der Waals surface area contributed by atoms with Crippen LogP contribution in [0.3, 0.4) is 0 Å². The van der Waals surface area contributed by atoms with Gasteiger partial charge in [-0.1, -0.05) is 26.0 Å².